The van der Waals surface area contributed by atoms with E-state index in [2.05, 4.69) is 0 Å². The smallest absolute Gasteiger partial charge is 0.238 e. The average Bonchev–Trinajstić information content (AvgIpc) is 3.91. The Kier molecular flexibility index (Phi) is 5.41. The number of rotatable bonds is 6. The molecule has 0 fully saturated rings. The Bertz CT molecular complexity index is 3780. The normalized spacial score (nSPS) is 14.1. The van der Waals surface area contributed by atoms with Gasteiger partial charge >= 0.3 is 0 Å². The van der Waals surface area contributed by atoms with Crippen molar-refractivity contribution in [2.75, 3.05) is 0 Å². The fourth-order valence-corrected chi connectivity index (χ4v) is 7.48. The van der Waals surface area contributed by atoms with Gasteiger partial charge in [-0.25, -0.2) is 4.98 Å². The van der Waals surface area contributed by atoms with Crippen molar-refractivity contribution >= 4 is 43.6 Å². The Labute approximate surface area is 337 Å². The maximum absolute atomic E-state index is 9.88. The first-order valence-electron chi connectivity index (χ1n) is 23.1. The van der Waals surface area contributed by atoms with Gasteiger partial charge < -0.3 is 4.57 Å². The van der Waals surface area contributed by atoms with Gasteiger partial charge in [-0.15, -0.1) is 0 Å². The lowest BCUT2D eigenvalue weighted by Crippen LogP contribution is -2.06. The summed E-state index contributed by atoms with van der Waals surface area (Å²) < 4.78 is 95.7. The highest BCUT2D eigenvalue weighted by atomic mass is 15.2. The summed E-state index contributed by atoms with van der Waals surface area (Å²) in [6.45, 7) is 0. The number of nitrogens with zero attached hydrogens (tertiary/aromatic N) is 5. The molecule has 11 rings (SSSR count). The molecule has 0 saturated heterocycles. The maximum Gasteiger partial charge on any atom is 0.238 e. The topological polar surface area (TPSA) is 48.5 Å². The Morgan fingerprint density at radius 3 is 1.27 bits per heavy atom. The third-order valence-corrected chi connectivity index (χ3v) is 10.1. The lowest BCUT2D eigenvalue weighted by Gasteiger charge is -2.12. The third-order valence-electron chi connectivity index (χ3n) is 10.1. The highest BCUT2D eigenvalue weighted by Gasteiger charge is 2.22. The molecule has 0 radical (unpaired) electrons. The zero-order valence-corrected chi connectivity index (χ0v) is 29.5. The highest BCUT2D eigenvalue weighted by Crippen LogP contribution is 2.42. The molecule has 262 valence electrons. The van der Waals surface area contributed by atoms with Crippen LogP contribution in [0, 0.1) is 0 Å². The van der Waals surface area contributed by atoms with Crippen LogP contribution in [0.1, 0.15) is 13.7 Å². The summed E-state index contributed by atoms with van der Waals surface area (Å²) in [5, 5.41) is 0.185. The van der Waals surface area contributed by atoms with Crippen LogP contribution in [-0.2, 0) is 0 Å². The van der Waals surface area contributed by atoms with Gasteiger partial charge in [0, 0.05) is 38.4 Å². The number of para-hydroxylation sites is 2. The molecular weight excluding hydrogens is 683 g/mol. The molecule has 0 spiro atoms. The van der Waals surface area contributed by atoms with Crippen LogP contribution in [0.25, 0.3) is 100 Å². The molecule has 0 N–H and O–H groups in total. The summed E-state index contributed by atoms with van der Waals surface area (Å²) in [7, 11) is 0. The molecule has 5 heteroatoms. The van der Waals surface area contributed by atoms with E-state index in [1.165, 1.54) is 4.57 Å². The van der Waals surface area contributed by atoms with E-state index in [-0.39, 0.29) is 79.3 Å². The molecule has 56 heavy (non-hydrogen) atoms. The summed E-state index contributed by atoms with van der Waals surface area (Å²) in [6, 6.07) is 39.2. The quantitative estimate of drug-likeness (QED) is 0.171. The van der Waals surface area contributed by atoms with Crippen LogP contribution >= 0.6 is 0 Å². The van der Waals surface area contributed by atoms with Crippen LogP contribution in [0.3, 0.4) is 0 Å². The predicted octanol–water partition coefficient (Wildman–Crippen LogP) is 12.7. The molecule has 3 aromatic heterocycles. The van der Waals surface area contributed by atoms with E-state index in [4.69, 9.17) is 20.4 Å². The van der Waals surface area contributed by atoms with E-state index in [9.17, 15) is 8.22 Å². The van der Waals surface area contributed by atoms with E-state index >= 15 is 0 Å². The Hall–Kier alpha value is -7.63. The fourth-order valence-electron chi connectivity index (χ4n) is 7.48. The Balaban J connectivity index is 1.29. The first kappa shape index (κ1) is 23.2. The van der Waals surface area contributed by atoms with Crippen molar-refractivity contribution < 1.29 is 13.7 Å². The van der Waals surface area contributed by atoms with Gasteiger partial charge in [-0.2, -0.15) is 9.97 Å². The molecule has 5 nitrogen and oxygen atoms in total. The standard InChI is InChI=1S/C51H33N5/c1-4-14-34(15-5-1)36-24-26-39(27-25-36)50-52-49(38-18-8-3-9-19-38)53-51(54-50)56-44-23-13-11-21-42(44)48-46(56)33-32-45-47(48)41-20-10-12-22-43(41)55(45)40-30-28-37(29-31-40)35-16-6-2-7-17-35/h1-33H/i10D,11D,12D,13D,20D,21D,22D,23D,32D,33D. The van der Waals surface area contributed by atoms with Gasteiger partial charge in [-0.05, 0) is 58.6 Å². The molecule has 0 saturated carbocycles. The largest absolute Gasteiger partial charge is 0.309 e. The van der Waals surface area contributed by atoms with Gasteiger partial charge in [0.1, 0.15) is 0 Å². The Morgan fingerprint density at radius 1 is 0.339 bits per heavy atom. The Morgan fingerprint density at radius 2 is 0.732 bits per heavy atom. The van der Waals surface area contributed by atoms with Crippen LogP contribution in [0.5, 0.6) is 0 Å². The predicted molar refractivity (Wildman–Crippen MR) is 230 cm³/mol. The van der Waals surface area contributed by atoms with E-state index in [0.717, 1.165) is 22.3 Å². The SMILES string of the molecule is [2H]c1c([2H])c([2H])c2c(c1[2H])c1c3c4c([2H])c([2H])c([2H])c([2H])c4n(-c4nc(-c5ccccc5)nc(-c5ccc(-c6ccccc6)cc5)n4)c3c([2H])c([2H])c1n2-c1ccc(-c2ccccc2)cc1. The molecule has 0 aliphatic carbocycles. The number of hydrogen-bond donors (Lipinski definition) is 0. The summed E-state index contributed by atoms with van der Waals surface area (Å²) in [6.07, 6.45) is 0. The molecule has 8 aromatic carbocycles. The molecule has 11 aromatic rings. The molecule has 0 aliphatic rings. The zero-order chi connectivity index (χ0) is 45.7. The van der Waals surface area contributed by atoms with Crippen LogP contribution < -0.4 is 0 Å². The van der Waals surface area contributed by atoms with E-state index < -0.39 is 42.3 Å². The van der Waals surface area contributed by atoms with Gasteiger partial charge in [-0.3, -0.25) is 4.57 Å². The molecule has 3 heterocycles. The van der Waals surface area contributed by atoms with Crippen molar-refractivity contribution in [3.63, 3.8) is 0 Å². The summed E-state index contributed by atoms with van der Waals surface area (Å²) in [5.41, 5.74) is 5.48. The van der Waals surface area contributed by atoms with Crippen molar-refractivity contribution in [1.82, 2.24) is 24.1 Å². The van der Waals surface area contributed by atoms with Gasteiger partial charge in [0.25, 0.3) is 0 Å². The van der Waals surface area contributed by atoms with Crippen molar-refractivity contribution in [2.45, 2.75) is 0 Å². The third kappa shape index (κ3) is 5.21. The maximum atomic E-state index is 9.88. The second kappa shape index (κ2) is 13.0. The van der Waals surface area contributed by atoms with Crippen molar-refractivity contribution in [1.29, 1.82) is 0 Å². The lowest BCUT2D eigenvalue weighted by atomic mass is 10.0. The lowest BCUT2D eigenvalue weighted by molar-refractivity contribution is 0.953. The van der Waals surface area contributed by atoms with E-state index in [1.807, 2.05) is 127 Å². The van der Waals surface area contributed by atoms with Gasteiger partial charge in [0.2, 0.25) is 5.95 Å². The van der Waals surface area contributed by atoms with Gasteiger partial charge in [0.05, 0.1) is 35.8 Å². The van der Waals surface area contributed by atoms with Crippen LogP contribution in [0.2, 0.25) is 0 Å². The van der Waals surface area contributed by atoms with E-state index in [1.54, 1.807) is 16.7 Å². The van der Waals surface area contributed by atoms with Crippen LogP contribution in [-0.4, -0.2) is 24.1 Å². The van der Waals surface area contributed by atoms with Crippen LogP contribution in [0.15, 0.2) is 200 Å². The summed E-state index contributed by atoms with van der Waals surface area (Å²) >= 11 is 0. The second-order valence-electron chi connectivity index (χ2n) is 13.3. The minimum Gasteiger partial charge on any atom is -0.309 e. The zero-order valence-electron chi connectivity index (χ0n) is 39.5. The molecule has 0 unspecified atom stereocenters. The fraction of sp³-hybridized carbons (Fsp3) is 0. The van der Waals surface area contributed by atoms with Crippen molar-refractivity contribution in [3.8, 4) is 56.7 Å². The first-order valence-corrected chi connectivity index (χ1v) is 18.1. The molecule has 0 atom stereocenters. The molecule has 0 amide bonds. The minimum atomic E-state index is -0.553. The number of benzene rings is 8. The minimum absolute atomic E-state index is 0.0212. The monoisotopic (exact) mass is 725 g/mol. The van der Waals surface area contributed by atoms with E-state index in [0.29, 0.717) is 16.8 Å². The van der Waals surface area contributed by atoms with Crippen LogP contribution in [0.4, 0.5) is 0 Å². The molecule has 0 bridgehead atoms. The first-order chi connectivity index (χ1) is 31.9. The van der Waals surface area contributed by atoms with Gasteiger partial charge in [-0.1, -0.05) is 164 Å². The van der Waals surface area contributed by atoms with Crippen molar-refractivity contribution in [2.24, 2.45) is 0 Å². The second-order valence-corrected chi connectivity index (χ2v) is 13.3. The number of hydrogen-bond acceptors (Lipinski definition) is 3. The molecular formula is C51H33N5. The highest BCUT2D eigenvalue weighted by molar-refractivity contribution is 6.28. The summed E-state index contributed by atoms with van der Waals surface area (Å²) in [4.78, 5) is 14.8. The number of fused-ring (bicyclic) bond motifs is 7. The average molecular weight is 726 g/mol. The summed E-state index contributed by atoms with van der Waals surface area (Å²) in [5.74, 6) is 0.380. The van der Waals surface area contributed by atoms with Crippen molar-refractivity contribution in [3.05, 3.63) is 200 Å². The molecule has 0 aliphatic heterocycles. The number of aromatic nitrogens is 5. The van der Waals surface area contributed by atoms with Gasteiger partial charge in [0.15, 0.2) is 11.6 Å².